The summed E-state index contributed by atoms with van der Waals surface area (Å²) in [6.07, 6.45) is 2.08. The number of aliphatic hydroxyl groups excluding tert-OH is 1. The second-order valence-corrected chi connectivity index (χ2v) is 6.00. The molecule has 0 radical (unpaired) electrons. The number of carbonyl (C=O) groups is 1. The summed E-state index contributed by atoms with van der Waals surface area (Å²) in [6.45, 7) is 0.497. The van der Waals surface area contributed by atoms with E-state index in [1.165, 1.54) is 0 Å². The predicted molar refractivity (Wildman–Crippen MR) is 73.5 cm³/mol. The molecule has 0 aromatic heterocycles. The number of carbonyl (C=O) groups excluding carboxylic acids is 1. The van der Waals surface area contributed by atoms with Crippen molar-refractivity contribution in [1.29, 1.82) is 5.26 Å². The van der Waals surface area contributed by atoms with E-state index in [0.29, 0.717) is 17.7 Å². The highest BCUT2D eigenvalue weighted by molar-refractivity contribution is 6.67. The zero-order chi connectivity index (χ0) is 14.6. The van der Waals surface area contributed by atoms with Gasteiger partial charge in [0.15, 0.2) is 0 Å². The average molecular weight is 283 g/mol. The fraction of sp³-hybridized carbons (Fsp3) is 0.467. The molecule has 1 saturated heterocycles. The molecule has 0 saturated carbocycles. The van der Waals surface area contributed by atoms with Crippen LogP contribution in [0.4, 0.5) is 0 Å². The average Bonchev–Trinajstić information content (AvgIpc) is 2.99. The number of nitrogens with zero attached hydrogens (tertiary/aromatic N) is 1. The van der Waals surface area contributed by atoms with Crippen molar-refractivity contribution in [2.45, 2.75) is 44.0 Å². The van der Waals surface area contributed by atoms with Gasteiger partial charge in [0.05, 0.1) is 17.8 Å². The number of fused-ring (bicyclic) bond motifs is 4. The molecule has 3 heterocycles. The van der Waals surface area contributed by atoms with Gasteiger partial charge in [-0.05, 0) is 30.0 Å². The number of hydrogen-bond donors (Lipinski definition) is 1. The standard InChI is InChI=1S/C15H14BNO4/c17-8-16-5-3-15(4-6-16)11-2-1-9-12(10(11)7-20-15)14(19)21-13(9)18/h1-2,14,19H,3-7H2. The van der Waals surface area contributed by atoms with E-state index in [1.54, 1.807) is 6.07 Å². The molecule has 1 N–H and O–H groups in total. The normalized spacial score (nSPS) is 25.4. The maximum Gasteiger partial charge on any atom is 0.341 e. The Labute approximate surface area is 122 Å². The lowest BCUT2D eigenvalue weighted by atomic mass is 9.41. The number of benzene rings is 1. The van der Waals surface area contributed by atoms with Gasteiger partial charge in [0.1, 0.15) is 0 Å². The summed E-state index contributed by atoms with van der Waals surface area (Å²) in [6, 6.07) is 3.65. The molecule has 1 aromatic rings. The third-order valence-electron chi connectivity index (χ3n) is 5.00. The van der Waals surface area contributed by atoms with Crippen molar-refractivity contribution in [3.8, 4) is 5.97 Å². The van der Waals surface area contributed by atoms with Crippen LogP contribution >= 0.6 is 0 Å². The number of rotatable bonds is 0. The first-order valence-electron chi connectivity index (χ1n) is 7.23. The second-order valence-electron chi connectivity index (χ2n) is 6.00. The Kier molecular flexibility index (Phi) is 2.65. The van der Waals surface area contributed by atoms with Crippen LogP contribution in [-0.4, -0.2) is 17.8 Å². The fourth-order valence-electron chi connectivity index (χ4n) is 3.85. The van der Waals surface area contributed by atoms with Crippen LogP contribution < -0.4 is 0 Å². The zero-order valence-corrected chi connectivity index (χ0v) is 11.5. The Balaban J connectivity index is 1.76. The van der Waals surface area contributed by atoms with Gasteiger partial charge in [0.25, 0.3) is 6.71 Å². The first-order valence-corrected chi connectivity index (χ1v) is 7.23. The summed E-state index contributed by atoms with van der Waals surface area (Å²) in [5, 5.41) is 19.0. The van der Waals surface area contributed by atoms with Crippen LogP contribution in [0.1, 0.15) is 46.2 Å². The fourth-order valence-corrected chi connectivity index (χ4v) is 3.85. The first-order chi connectivity index (χ1) is 10.1. The smallest absolute Gasteiger partial charge is 0.341 e. The maximum atomic E-state index is 11.7. The van der Waals surface area contributed by atoms with Gasteiger partial charge >= 0.3 is 5.97 Å². The Morgan fingerprint density at radius 2 is 2.14 bits per heavy atom. The molecule has 1 atom stereocenters. The van der Waals surface area contributed by atoms with E-state index < -0.39 is 12.3 Å². The number of hydrogen-bond acceptors (Lipinski definition) is 5. The van der Waals surface area contributed by atoms with Crippen molar-refractivity contribution in [1.82, 2.24) is 0 Å². The van der Waals surface area contributed by atoms with Crippen molar-refractivity contribution in [2.75, 3.05) is 0 Å². The van der Waals surface area contributed by atoms with E-state index in [2.05, 4.69) is 5.97 Å². The minimum absolute atomic E-state index is 0.105. The molecule has 6 heteroatoms. The van der Waals surface area contributed by atoms with Crippen molar-refractivity contribution in [3.63, 3.8) is 0 Å². The van der Waals surface area contributed by atoms with E-state index in [9.17, 15) is 9.90 Å². The largest absolute Gasteiger partial charge is 0.428 e. The molecule has 4 rings (SSSR count). The minimum Gasteiger partial charge on any atom is -0.428 e. The molecule has 5 nitrogen and oxygen atoms in total. The van der Waals surface area contributed by atoms with Crippen molar-refractivity contribution < 1.29 is 19.4 Å². The number of aliphatic hydroxyl groups is 1. The number of ether oxygens (including phenoxy) is 2. The Morgan fingerprint density at radius 3 is 2.86 bits per heavy atom. The van der Waals surface area contributed by atoms with Crippen molar-refractivity contribution in [2.24, 2.45) is 0 Å². The lowest BCUT2D eigenvalue weighted by Gasteiger charge is -2.34. The van der Waals surface area contributed by atoms with Gasteiger partial charge in [0, 0.05) is 11.5 Å². The number of cyclic esters (lactones) is 1. The molecule has 0 amide bonds. The zero-order valence-electron chi connectivity index (χ0n) is 11.5. The summed E-state index contributed by atoms with van der Waals surface area (Å²) in [5.41, 5.74) is 2.59. The third-order valence-corrected chi connectivity index (χ3v) is 5.00. The summed E-state index contributed by atoms with van der Waals surface area (Å²) in [5.74, 6) is 1.85. The molecule has 3 aliphatic heterocycles. The van der Waals surface area contributed by atoms with Crippen LogP contribution in [0.5, 0.6) is 0 Å². The summed E-state index contributed by atoms with van der Waals surface area (Å²) < 4.78 is 11.0. The molecular formula is C15H14BNO4. The minimum atomic E-state index is -1.18. The second kappa shape index (κ2) is 4.33. The highest BCUT2D eigenvalue weighted by atomic mass is 16.6. The van der Waals surface area contributed by atoms with Crippen LogP contribution in [0.25, 0.3) is 0 Å². The molecule has 1 unspecified atom stereocenters. The number of nitriles is 1. The molecule has 1 aromatic carbocycles. The predicted octanol–water partition coefficient (Wildman–Crippen LogP) is 1.92. The highest BCUT2D eigenvalue weighted by Gasteiger charge is 2.47. The van der Waals surface area contributed by atoms with Crippen LogP contribution in [-0.2, 0) is 21.7 Å². The Bertz CT molecular complexity index is 673. The van der Waals surface area contributed by atoms with E-state index >= 15 is 0 Å². The van der Waals surface area contributed by atoms with Gasteiger partial charge in [-0.15, -0.1) is 0 Å². The van der Waals surface area contributed by atoms with E-state index in [1.807, 2.05) is 6.07 Å². The van der Waals surface area contributed by atoms with Gasteiger partial charge in [0.2, 0.25) is 6.29 Å². The molecule has 1 spiro atoms. The van der Waals surface area contributed by atoms with Crippen molar-refractivity contribution >= 4 is 12.7 Å². The monoisotopic (exact) mass is 283 g/mol. The Morgan fingerprint density at radius 1 is 1.38 bits per heavy atom. The van der Waals surface area contributed by atoms with Gasteiger partial charge in [-0.1, -0.05) is 18.7 Å². The van der Waals surface area contributed by atoms with E-state index in [-0.39, 0.29) is 12.3 Å². The lowest BCUT2D eigenvalue weighted by molar-refractivity contribution is -0.0583. The quantitative estimate of drug-likeness (QED) is 0.581. The summed E-state index contributed by atoms with van der Waals surface area (Å²) >= 11 is 0. The molecule has 0 aliphatic carbocycles. The van der Waals surface area contributed by atoms with Crippen LogP contribution in [0.2, 0.25) is 12.6 Å². The topological polar surface area (TPSA) is 79.6 Å². The summed E-state index contributed by atoms with van der Waals surface area (Å²) in [4.78, 5) is 11.7. The van der Waals surface area contributed by atoms with E-state index in [4.69, 9.17) is 14.7 Å². The molecule has 106 valence electrons. The van der Waals surface area contributed by atoms with Crippen LogP contribution in [0, 0.1) is 11.2 Å². The molecule has 1 fully saturated rings. The van der Waals surface area contributed by atoms with Crippen LogP contribution in [0.15, 0.2) is 12.1 Å². The SMILES string of the molecule is N#CB1CCC2(CC1)OCc1c2ccc2c1C(O)OC2=O. The van der Waals surface area contributed by atoms with Gasteiger partial charge in [-0.25, -0.2) is 10.1 Å². The number of esters is 1. The van der Waals surface area contributed by atoms with Gasteiger partial charge < -0.3 is 14.6 Å². The maximum absolute atomic E-state index is 11.7. The Hall–Kier alpha value is -1.84. The van der Waals surface area contributed by atoms with Crippen LogP contribution in [0.3, 0.4) is 0 Å². The molecule has 21 heavy (non-hydrogen) atoms. The first kappa shape index (κ1) is 12.9. The van der Waals surface area contributed by atoms with E-state index in [0.717, 1.165) is 36.6 Å². The lowest BCUT2D eigenvalue weighted by Crippen LogP contribution is -2.33. The summed E-state index contributed by atoms with van der Waals surface area (Å²) in [7, 11) is 0. The molecule has 0 bridgehead atoms. The van der Waals surface area contributed by atoms with Crippen molar-refractivity contribution in [3.05, 3.63) is 34.4 Å². The molecule has 3 aliphatic rings. The third kappa shape index (κ3) is 1.68. The highest BCUT2D eigenvalue weighted by Crippen LogP contribution is 2.50. The molecular weight excluding hydrogens is 269 g/mol. The van der Waals surface area contributed by atoms with Gasteiger partial charge in [-0.2, -0.15) is 0 Å². The van der Waals surface area contributed by atoms with Gasteiger partial charge in [-0.3, -0.25) is 0 Å².